The molecule has 6 heteroatoms. The van der Waals surface area contributed by atoms with Crippen LogP contribution >= 0.6 is 0 Å². The number of hydrogen-bond donors (Lipinski definition) is 1. The number of aromatic nitrogens is 3. The minimum Gasteiger partial charge on any atom is -0.473 e. The van der Waals surface area contributed by atoms with Gasteiger partial charge >= 0.3 is 0 Å². The van der Waals surface area contributed by atoms with Gasteiger partial charge in [0.2, 0.25) is 5.88 Å². The number of fused-ring (bicyclic) bond motifs is 1. The van der Waals surface area contributed by atoms with Gasteiger partial charge in [0, 0.05) is 55.6 Å². The topological polar surface area (TPSA) is 71.1 Å². The van der Waals surface area contributed by atoms with Crippen molar-refractivity contribution in [2.45, 2.75) is 18.9 Å². The monoisotopic (exact) mass is 322 g/mol. The maximum Gasteiger partial charge on any atom is 0.253 e. The van der Waals surface area contributed by atoms with Gasteiger partial charge in [-0.3, -0.25) is 9.78 Å². The van der Waals surface area contributed by atoms with Gasteiger partial charge in [-0.15, -0.1) is 0 Å². The van der Waals surface area contributed by atoms with Crippen molar-refractivity contribution in [2.24, 2.45) is 0 Å². The molecule has 1 amide bonds. The molecule has 0 radical (unpaired) electrons. The van der Waals surface area contributed by atoms with Gasteiger partial charge in [-0.1, -0.05) is 6.07 Å². The number of amides is 1. The average molecular weight is 322 g/mol. The standard InChI is InChI=1S/C18H18N4O2/c23-18(14-2-1-13-3-6-20-16(13)11-14)22-9-4-15(5-10-22)24-17-12-19-7-8-21-17/h1-3,6-8,11-12,15,20H,4-5,9-10H2. The van der Waals surface area contributed by atoms with Crippen LogP contribution in [0.1, 0.15) is 23.2 Å². The second-order valence-electron chi connectivity index (χ2n) is 5.93. The summed E-state index contributed by atoms with van der Waals surface area (Å²) < 4.78 is 5.82. The molecule has 0 spiro atoms. The molecule has 3 heterocycles. The lowest BCUT2D eigenvalue weighted by Crippen LogP contribution is -2.41. The number of H-pyrrole nitrogens is 1. The van der Waals surface area contributed by atoms with Crippen molar-refractivity contribution in [3.05, 3.63) is 54.6 Å². The van der Waals surface area contributed by atoms with E-state index in [0.717, 1.165) is 29.3 Å². The Bertz CT molecular complexity index is 838. The minimum absolute atomic E-state index is 0.0736. The molecule has 1 aliphatic rings. The largest absolute Gasteiger partial charge is 0.473 e. The van der Waals surface area contributed by atoms with Crippen LogP contribution in [0.15, 0.2) is 49.1 Å². The van der Waals surface area contributed by atoms with Crippen molar-refractivity contribution in [1.82, 2.24) is 19.9 Å². The number of nitrogens with zero attached hydrogens (tertiary/aromatic N) is 3. The van der Waals surface area contributed by atoms with Gasteiger partial charge in [0.05, 0.1) is 6.20 Å². The van der Waals surface area contributed by atoms with E-state index in [1.54, 1.807) is 18.6 Å². The van der Waals surface area contributed by atoms with Gasteiger partial charge in [-0.2, -0.15) is 0 Å². The first-order chi connectivity index (χ1) is 11.8. The van der Waals surface area contributed by atoms with Gasteiger partial charge < -0.3 is 14.6 Å². The van der Waals surface area contributed by atoms with E-state index < -0.39 is 0 Å². The number of piperidine rings is 1. The zero-order valence-electron chi connectivity index (χ0n) is 13.2. The Morgan fingerprint density at radius 1 is 1.21 bits per heavy atom. The fraction of sp³-hybridized carbons (Fsp3) is 0.278. The summed E-state index contributed by atoms with van der Waals surface area (Å²) in [5.41, 5.74) is 1.71. The second kappa shape index (κ2) is 6.31. The Balaban J connectivity index is 1.39. The summed E-state index contributed by atoms with van der Waals surface area (Å²) in [5.74, 6) is 0.615. The lowest BCUT2D eigenvalue weighted by atomic mass is 10.1. The van der Waals surface area contributed by atoms with Crippen LogP contribution in [0.4, 0.5) is 0 Å². The molecule has 0 aliphatic carbocycles. The number of hydrogen-bond acceptors (Lipinski definition) is 4. The Morgan fingerprint density at radius 3 is 2.88 bits per heavy atom. The van der Waals surface area contributed by atoms with Crippen LogP contribution in [-0.2, 0) is 0 Å². The van der Waals surface area contributed by atoms with Crippen LogP contribution in [0.3, 0.4) is 0 Å². The number of aromatic amines is 1. The molecular formula is C18H18N4O2. The van der Waals surface area contributed by atoms with E-state index in [1.807, 2.05) is 35.4 Å². The lowest BCUT2D eigenvalue weighted by Gasteiger charge is -2.31. The zero-order valence-corrected chi connectivity index (χ0v) is 13.2. The highest BCUT2D eigenvalue weighted by Gasteiger charge is 2.25. The van der Waals surface area contributed by atoms with Crippen molar-refractivity contribution in [3.8, 4) is 5.88 Å². The molecule has 1 fully saturated rings. The predicted octanol–water partition coefficient (Wildman–Crippen LogP) is 2.64. The zero-order chi connectivity index (χ0) is 16.4. The first kappa shape index (κ1) is 14.7. The summed E-state index contributed by atoms with van der Waals surface area (Å²) in [6.45, 7) is 1.37. The van der Waals surface area contributed by atoms with Crippen molar-refractivity contribution in [1.29, 1.82) is 0 Å². The van der Waals surface area contributed by atoms with E-state index >= 15 is 0 Å². The minimum atomic E-state index is 0.0736. The molecule has 24 heavy (non-hydrogen) atoms. The summed E-state index contributed by atoms with van der Waals surface area (Å²) in [6.07, 6.45) is 8.41. The van der Waals surface area contributed by atoms with Gasteiger partial charge in [0.25, 0.3) is 5.91 Å². The van der Waals surface area contributed by atoms with Gasteiger partial charge in [-0.05, 0) is 23.6 Å². The van der Waals surface area contributed by atoms with Crippen molar-refractivity contribution >= 4 is 16.8 Å². The van der Waals surface area contributed by atoms with E-state index in [4.69, 9.17) is 4.74 Å². The molecule has 122 valence electrons. The third kappa shape index (κ3) is 2.95. The summed E-state index contributed by atoms with van der Waals surface area (Å²) in [7, 11) is 0. The molecule has 3 aromatic rings. The molecule has 1 N–H and O–H groups in total. The molecular weight excluding hydrogens is 304 g/mol. The van der Waals surface area contributed by atoms with Crippen LogP contribution in [0, 0.1) is 0 Å². The molecule has 1 aliphatic heterocycles. The molecule has 0 unspecified atom stereocenters. The van der Waals surface area contributed by atoms with Crippen LogP contribution in [0.25, 0.3) is 10.9 Å². The average Bonchev–Trinajstić information content (AvgIpc) is 3.10. The first-order valence-corrected chi connectivity index (χ1v) is 8.09. The van der Waals surface area contributed by atoms with Crippen LogP contribution < -0.4 is 4.74 Å². The van der Waals surface area contributed by atoms with Crippen LogP contribution in [-0.4, -0.2) is 45.0 Å². The van der Waals surface area contributed by atoms with E-state index in [0.29, 0.717) is 19.0 Å². The van der Waals surface area contributed by atoms with Gasteiger partial charge in [0.1, 0.15) is 6.10 Å². The van der Waals surface area contributed by atoms with E-state index in [9.17, 15) is 4.79 Å². The maximum atomic E-state index is 12.7. The molecule has 0 bridgehead atoms. The number of nitrogens with one attached hydrogen (secondary N) is 1. The summed E-state index contributed by atoms with van der Waals surface area (Å²) >= 11 is 0. The molecule has 2 aromatic heterocycles. The molecule has 4 rings (SSSR count). The van der Waals surface area contributed by atoms with E-state index in [-0.39, 0.29) is 12.0 Å². The maximum absolute atomic E-state index is 12.7. The Hall–Kier alpha value is -2.89. The quantitative estimate of drug-likeness (QED) is 0.805. The number of rotatable bonds is 3. The normalized spacial score (nSPS) is 15.6. The van der Waals surface area contributed by atoms with Gasteiger partial charge in [-0.25, -0.2) is 4.98 Å². The molecule has 1 saturated heterocycles. The highest BCUT2D eigenvalue weighted by atomic mass is 16.5. The lowest BCUT2D eigenvalue weighted by molar-refractivity contribution is 0.0587. The number of carbonyl (C=O) groups excluding carboxylic acids is 1. The fourth-order valence-corrected chi connectivity index (χ4v) is 3.06. The van der Waals surface area contributed by atoms with Crippen molar-refractivity contribution in [2.75, 3.05) is 13.1 Å². The first-order valence-electron chi connectivity index (χ1n) is 8.09. The molecule has 0 saturated carbocycles. The SMILES string of the molecule is O=C(c1ccc2cc[nH]c2c1)N1CCC(Oc2cnccn2)CC1. The fourth-order valence-electron chi connectivity index (χ4n) is 3.06. The molecule has 0 atom stereocenters. The summed E-state index contributed by atoms with van der Waals surface area (Å²) in [4.78, 5) is 25.8. The van der Waals surface area contributed by atoms with E-state index in [1.165, 1.54) is 0 Å². The number of benzene rings is 1. The summed E-state index contributed by atoms with van der Waals surface area (Å²) in [6, 6.07) is 7.78. The summed E-state index contributed by atoms with van der Waals surface area (Å²) in [5, 5.41) is 1.11. The second-order valence-corrected chi connectivity index (χ2v) is 5.93. The smallest absolute Gasteiger partial charge is 0.253 e. The Labute approximate surface area is 139 Å². The third-order valence-electron chi connectivity index (χ3n) is 4.36. The predicted molar refractivity (Wildman–Crippen MR) is 89.9 cm³/mol. The highest BCUT2D eigenvalue weighted by molar-refractivity contribution is 5.98. The number of likely N-dealkylation sites (tertiary alicyclic amines) is 1. The highest BCUT2D eigenvalue weighted by Crippen LogP contribution is 2.20. The molecule has 6 nitrogen and oxygen atoms in total. The Kier molecular flexibility index (Phi) is 3.86. The molecule has 1 aromatic carbocycles. The van der Waals surface area contributed by atoms with E-state index in [2.05, 4.69) is 15.0 Å². The van der Waals surface area contributed by atoms with Crippen LogP contribution in [0.5, 0.6) is 5.88 Å². The Morgan fingerprint density at radius 2 is 2.08 bits per heavy atom. The van der Waals surface area contributed by atoms with Crippen molar-refractivity contribution in [3.63, 3.8) is 0 Å². The number of carbonyl (C=O) groups is 1. The van der Waals surface area contributed by atoms with Crippen LogP contribution in [0.2, 0.25) is 0 Å². The van der Waals surface area contributed by atoms with Crippen molar-refractivity contribution < 1.29 is 9.53 Å². The number of ether oxygens (including phenoxy) is 1. The van der Waals surface area contributed by atoms with Gasteiger partial charge in [0.15, 0.2) is 0 Å². The third-order valence-corrected chi connectivity index (χ3v) is 4.36.